The highest BCUT2D eigenvalue weighted by Gasteiger charge is 2.16. The number of anilines is 1. The standard InChI is InChI=1S/C13H19ClN2S/c1-4-6-9(2)16(3)11-8-5-7-10(14)12(11)13(15)17/h5,7-9H,4,6H2,1-3H3,(H2,15,17). The molecular formula is C13H19ClN2S. The van der Waals surface area contributed by atoms with Crippen LogP contribution in [0.1, 0.15) is 32.3 Å². The number of thiocarbonyl (C=S) groups is 1. The van der Waals surface area contributed by atoms with E-state index in [1.165, 1.54) is 0 Å². The first-order valence-electron chi connectivity index (χ1n) is 5.80. The maximum atomic E-state index is 6.16. The molecule has 0 heterocycles. The van der Waals surface area contributed by atoms with Crippen LogP contribution >= 0.6 is 23.8 Å². The van der Waals surface area contributed by atoms with Crippen molar-refractivity contribution in [3.05, 3.63) is 28.8 Å². The molecule has 2 N–H and O–H groups in total. The van der Waals surface area contributed by atoms with Crippen LogP contribution in [0.4, 0.5) is 5.69 Å². The second-order valence-corrected chi connectivity index (χ2v) is 5.09. The summed E-state index contributed by atoms with van der Waals surface area (Å²) in [6.45, 7) is 4.37. The van der Waals surface area contributed by atoms with Gasteiger partial charge in [-0.2, -0.15) is 0 Å². The molecule has 0 spiro atoms. The van der Waals surface area contributed by atoms with Gasteiger partial charge in [-0.15, -0.1) is 0 Å². The molecule has 4 heteroatoms. The van der Waals surface area contributed by atoms with Crippen LogP contribution in [0, 0.1) is 0 Å². The van der Waals surface area contributed by atoms with Crippen molar-refractivity contribution in [2.45, 2.75) is 32.7 Å². The molecule has 94 valence electrons. The van der Waals surface area contributed by atoms with Gasteiger partial charge in [0.2, 0.25) is 0 Å². The summed E-state index contributed by atoms with van der Waals surface area (Å²) >= 11 is 11.2. The van der Waals surface area contributed by atoms with E-state index in [1.54, 1.807) is 0 Å². The molecule has 0 aliphatic rings. The van der Waals surface area contributed by atoms with Crippen molar-refractivity contribution in [3.8, 4) is 0 Å². The van der Waals surface area contributed by atoms with Gasteiger partial charge >= 0.3 is 0 Å². The van der Waals surface area contributed by atoms with E-state index in [1.807, 2.05) is 25.2 Å². The highest BCUT2D eigenvalue weighted by molar-refractivity contribution is 7.80. The third kappa shape index (κ3) is 3.33. The maximum absolute atomic E-state index is 6.16. The van der Waals surface area contributed by atoms with Crippen LogP contribution in [0.3, 0.4) is 0 Å². The molecule has 0 aliphatic heterocycles. The van der Waals surface area contributed by atoms with Crippen molar-refractivity contribution in [2.75, 3.05) is 11.9 Å². The number of rotatable bonds is 5. The van der Waals surface area contributed by atoms with E-state index in [-0.39, 0.29) is 0 Å². The first kappa shape index (κ1) is 14.3. The number of hydrogen-bond acceptors (Lipinski definition) is 2. The van der Waals surface area contributed by atoms with E-state index in [4.69, 9.17) is 29.6 Å². The van der Waals surface area contributed by atoms with Crippen LogP contribution in [-0.2, 0) is 0 Å². The summed E-state index contributed by atoms with van der Waals surface area (Å²) in [5.74, 6) is 0. The number of nitrogens with two attached hydrogens (primary N) is 1. The summed E-state index contributed by atoms with van der Waals surface area (Å²) in [5, 5.41) is 0.616. The number of benzene rings is 1. The molecular weight excluding hydrogens is 252 g/mol. The highest BCUT2D eigenvalue weighted by Crippen LogP contribution is 2.28. The fraction of sp³-hybridized carbons (Fsp3) is 0.462. The Bertz CT molecular complexity index is 406. The Balaban J connectivity index is 3.13. The Morgan fingerprint density at radius 1 is 1.53 bits per heavy atom. The van der Waals surface area contributed by atoms with Crippen molar-refractivity contribution in [1.82, 2.24) is 0 Å². The molecule has 0 aliphatic carbocycles. The van der Waals surface area contributed by atoms with Gasteiger partial charge in [-0.3, -0.25) is 0 Å². The minimum atomic E-state index is 0.348. The lowest BCUT2D eigenvalue weighted by Gasteiger charge is -2.29. The van der Waals surface area contributed by atoms with Crippen LogP contribution in [0.15, 0.2) is 18.2 Å². The lowest BCUT2D eigenvalue weighted by atomic mass is 10.1. The smallest absolute Gasteiger partial charge is 0.107 e. The molecule has 1 aromatic rings. The molecule has 1 rings (SSSR count). The largest absolute Gasteiger partial charge is 0.389 e. The van der Waals surface area contributed by atoms with Crippen LogP contribution in [-0.4, -0.2) is 18.1 Å². The summed E-state index contributed by atoms with van der Waals surface area (Å²) in [7, 11) is 2.05. The van der Waals surface area contributed by atoms with Crippen LogP contribution in [0.5, 0.6) is 0 Å². The molecule has 0 aromatic heterocycles. The Hall–Kier alpha value is -0.800. The Morgan fingerprint density at radius 3 is 2.71 bits per heavy atom. The molecule has 2 nitrogen and oxygen atoms in total. The first-order chi connectivity index (χ1) is 7.99. The van der Waals surface area contributed by atoms with Gasteiger partial charge in [0.15, 0.2) is 0 Å². The zero-order valence-corrected chi connectivity index (χ0v) is 12.1. The lowest BCUT2D eigenvalue weighted by Crippen LogP contribution is -2.30. The Kier molecular flexibility index (Phi) is 5.22. The number of nitrogens with zero attached hydrogens (tertiary/aromatic N) is 1. The topological polar surface area (TPSA) is 29.3 Å². The number of hydrogen-bond donors (Lipinski definition) is 1. The fourth-order valence-corrected chi connectivity index (χ4v) is 2.44. The van der Waals surface area contributed by atoms with Gasteiger partial charge in [0, 0.05) is 18.8 Å². The van der Waals surface area contributed by atoms with Gasteiger partial charge in [0.25, 0.3) is 0 Å². The van der Waals surface area contributed by atoms with Crippen molar-refractivity contribution < 1.29 is 0 Å². The quantitative estimate of drug-likeness (QED) is 0.829. The monoisotopic (exact) mass is 270 g/mol. The average molecular weight is 271 g/mol. The summed E-state index contributed by atoms with van der Waals surface area (Å²) in [6.07, 6.45) is 2.27. The molecule has 1 aromatic carbocycles. The first-order valence-corrected chi connectivity index (χ1v) is 6.58. The minimum Gasteiger partial charge on any atom is -0.389 e. The molecule has 0 bridgehead atoms. The van der Waals surface area contributed by atoms with Gasteiger partial charge in [-0.05, 0) is 25.5 Å². The van der Waals surface area contributed by atoms with Crippen LogP contribution in [0.2, 0.25) is 5.02 Å². The van der Waals surface area contributed by atoms with E-state index >= 15 is 0 Å². The van der Waals surface area contributed by atoms with E-state index < -0.39 is 0 Å². The van der Waals surface area contributed by atoms with Gasteiger partial charge < -0.3 is 10.6 Å². The molecule has 1 unspecified atom stereocenters. The molecule has 1 atom stereocenters. The van der Waals surface area contributed by atoms with Gasteiger partial charge in [-0.25, -0.2) is 0 Å². The summed E-state index contributed by atoms with van der Waals surface area (Å²) in [4.78, 5) is 2.53. The van der Waals surface area contributed by atoms with Crippen molar-refractivity contribution in [1.29, 1.82) is 0 Å². The van der Waals surface area contributed by atoms with Gasteiger partial charge in [0.05, 0.1) is 10.6 Å². The Labute approximate surface area is 114 Å². The zero-order valence-electron chi connectivity index (χ0n) is 10.5. The zero-order chi connectivity index (χ0) is 13.0. The summed E-state index contributed by atoms with van der Waals surface area (Å²) in [5.41, 5.74) is 7.53. The molecule has 0 saturated carbocycles. The van der Waals surface area contributed by atoms with E-state index in [0.717, 1.165) is 24.1 Å². The lowest BCUT2D eigenvalue weighted by molar-refractivity contribution is 0.616. The second kappa shape index (κ2) is 6.22. The fourth-order valence-electron chi connectivity index (χ4n) is 1.90. The van der Waals surface area contributed by atoms with Crippen molar-refractivity contribution in [2.24, 2.45) is 5.73 Å². The summed E-state index contributed by atoms with van der Waals surface area (Å²) in [6, 6.07) is 6.19. The molecule has 0 radical (unpaired) electrons. The predicted molar refractivity (Wildman–Crippen MR) is 80.1 cm³/mol. The van der Waals surface area contributed by atoms with Crippen LogP contribution in [0.25, 0.3) is 0 Å². The van der Waals surface area contributed by atoms with Gasteiger partial charge in [-0.1, -0.05) is 43.2 Å². The molecule has 0 amide bonds. The SMILES string of the molecule is CCCC(C)N(C)c1cccc(Cl)c1C(N)=S. The summed E-state index contributed by atoms with van der Waals surface area (Å²) < 4.78 is 0. The second-order valence-electron chi connectivity index (χ2n) is 4.25. The van der Waals surface area contributed by atoms with Crippen LogP contribution < -0.4 is 10.6 Å². The van der Waals surface area contributed by atoms with E-state index in [2.05, 4.69) is 18.7 Å². The van der Waals surface area contributed by atoms with Crippen molar-refractivity contribution in [3.63, 3.8) is 0 Å². The highest BCUT2D eigenvalue weighted by atomic mass is 35.5. The normalized spacial score (nSPS) is 12.2. The van der Waals surface area contributed by atoms with Crippen molar-refractivity contribution >= 4 is 34.5 Å². The van der Waals surface area contributed by atoms with E-state index in [0.29, 0.717) is 16.1 Å². The molecule has 0 saturated heterocycles. The minimum absolute atomic E-state index is 0.348. The average Bonchev–Trinajstić information content (AvgIpc) is 2.27. The predicted octanol–water partition coefficient (Wildman–Crippen LogP) is 3.60. The maximum Gasteiger partial charge on any atom is 0.107 e. The molecule has 0 fully saturated rings. The Morgan fingerprint density at radius 2 is 2.18 bits per heavy atom. The van der Waals surface area contributed by atoms with Gasteiger partial charge in [0.1, 0.15) is 4.99 Å². The number of halogens is 1. The molecule has 17 heavy (non-hydrogen) atoms. The third-order valence-electron chi connectivity index (χ3n) is 2.99. The third-order valence-corrected chi connectivity index (χ3v) is 3.50. The van der Waals surface area contributed by atoms with E-state index in [9.17, 15) is 0 Å².